The molecule has 0 amide bonds. The van der Waals surface area contributed by atoms with E-state index in [9.17, 15) is 4.79 Å². The van der Waals surface area contributed by atoms with Crippen molar-refractivity contribution in [2.45, 2.75) is 33.9 Å². The maximum absolute atomic E-state index is 12.7. The number of fused-ring (bicyclic) bond motifs is 3. The number of likely N-dealkylation sites (N-methyl/N-ethyl adjacent to an activating group) is 1. The van der Waals surface area contributed by atoms with Gasteiger partial charge < -0.3 is 9.47 Å². The summed E-state index contributed by atoms with van der Waals surface area (Å²) >= 11 is 0. The number of rotatable bonds is 3. The van der Waals surface area contributed by atoms with E-state index in [2.05, 4.69) is 46.6 Å². The third kappa shape index (κ3) is 3.10. The Kier molecular flexibility index (Phi) is 4.73. The molecule has 4 nitrogen and oxygen atoms in total. The number of pyridine rings is 1. The highest BCUT2D eigenvalue weighted by Gasteiger charge is 2.23. The Bertz CT molecular complexity index is 912. The molecule has 1 aromatic carbocycles. The second kappa shape index (κ2) is 6.81. The molecule has 1 aliphatic heterocycles. The lowest BCUT2D eigenvalue weighted by molar-refractivity contribution is 0.0972. The minimum Gasteiger partial charge on any atom is -0.336 e. The summed E-state index contributed by atoms with van der Waals surface area (Å²) in [7, 11) is 2.16. The average Bonchev–Trinajstić information content (AvgIpc) is 2.88. The fourth-order valence-electron chi connectivity index (χ4n) is 3.65. The van der Waals surface area contributed by atoms with Crippen molar-refractivity contribution in [1.82, 2.24) is 14.5 Å². The SMILES string of the molecule is C.Cc1ccc2c(c1)c1c(n2CC(=O)c2ccncc2)CCN(C)C1. The first kappa shape index (κ1) is 17.4. The lowest BCUT2D eigenvalue weighted by Crippen LogP contribution is -2.28. The molecule has 3 heterocycles. The smallest absolute Gasteiger partial charge is 0.182 e. The normalized spacial score (nSPS) is 14.2. The molecule has 25 heavy (non-hydrogen) atoms. The predicted molar refractivity (Wildman–Crippen MR) is 102 cm³/mol. The van der Waals surface area contributed by atoms with Crippen LogP contribution >= 0.6 is 0 Å². The van der Waals surface area contributed by atoms with Crippen molar-refractivity contribution in [3.8, 4) is 0 Å². The second-order valence-corrected chi connectivity index (χ2v) is 6.68. The highest BCUT2D eigenvalue weighted by atomic mass is 16.1. The molecule has 0 saturated carbocycles. The van der Waals surface area contributed by atoms with Gasteiger partial charge in [-0.2, -0.15) is 0 Å². The number of Topliss-reactive ketones (excluding diaryl/α,β-unsaturated/α-hetero) is 1. The topological polar surface area (TPSA) is 38.1 Å². The zero-order valence-electron chi connectivity index (χ0n) is 14.1. The number of carbonyl (C=O) groups is 1. The average molecular weight is 335 g/mol. The summed E-state index contributed by atoms with van der Waals surface area (Å²) in [6.45, 7) is 4.50. The van der Waals surface area contributed by atoms with Gasteiger partial charge in [0, 0.05) is 54.1 Å². The number of aromatic nitrogens is 2. The number of hydrogen-bond donors (Lipinski definition) is 0. The summed E-state index contributed by atoms with van der Waals surface area (Å²) in [5, 5.41) is 1.29. The molecule has 0 saturated heterocycles. The van der Waals surface area contributed by atoms with Crippen LogP contribution in [-0.2, 0) is 19.5 Å². The molecule has 0 atom stereocenters. The highest BCUT2D eigenvalue weighted by molar-refractivity contribution is 5.97. The van der Waals surface area contributed by atoms with Gasteiger partial charge in [0.05, 0.1) is 6.54 Å². The van der Waals surface area contributed by atoms with Crippen LogP contribution in [0.25, 0.3) is 10.9 Å². The molecule has 130 valence electrons. The Morgan fingerprint density at radius 2 is 1.96 bits per heavy atom. The largest absolute Gasteiger partial charge is 0.336 e. The van der Waals surface area contributed by atoms with E-state index in [1.807, 2.05) is 0 Å². The van der Waals surface area contributed by atoms with Crippen molar-refractivity contribution >= 4 is 16.7 Å². The Hall–Kier alpha value is -2.46. The molecule has 4 rings (SSSR count). The van der Waals surface area contributed by atoms with E-state index in [4.69, 9.17) is 0 Å². The number of nitrogens with zero attached hydrogens (tertiary/aromatic N) is 3. The van der Waals surface area contributed by atoms with Gasteiger partial charge in [0.1, 0.15) is 0 Å². The first-order valence-corrected chi connectivity index (χ1v) is 8.36. The van der Waals surface area contributed by atoms with Gasteiger partial charge in [-0.15, -0.1) is 0 Å². The van der Waals surface area contributed by atoms with Crippen molar-refractivity contribution < 1.29 is 4.79 Å². The van der Waals surface area contributed by atoms with Gasteiger partial charge >= 0.3 is 0 Å². The summed E-state index contributed by atoms with van der Waals surface area (Å²) in [5.74, 6) is 0.136. The van der Waals surface area contributed by atoms with Crippen molar-refractivity contribution in [3.05, 3.63) is 65.1 Å². The van der Waals surface area contributed by atoms with E-state index in [0.29, 0.717) is 6.54 Å². The van der Waals surface area contributed by atoms with Crippen molar-refractivity contribution in [2.24, 2.45) is 0 Å². The molecule has 0 aliphatic carbocycles. The van der Waals surface area contributed by atoms with Gasteiger partial charge in [-0.25, -0.2) is 0 Å². The van der Waals surface area contributed by atoms with E-state index < -0.39 is 0 Å². The van der Waals surface area contributed by atoms with Crippen molar-refractivity contribution in [1.29, 1.82) is 0 Å². The number of carbonyl (C=O) groups excluding carboxylic acids is 1. The molecule has 1 aliphatic rings. The molecule has 2 aromatic heterocycles. The lowest BCUT2D eigenvalue weighted by atomic mass is 10.0. The van der Waals surface area contributed by atoms with Gasteiger partial charge in [-0.05, 0) is 43.8 Å². The molecule has 0 bridgehead atoms. The Labute approximate surface area is 149 Å². The van der Waals surface area contributed by atoms with Crippen LogP contribution in [0.5, 0.6) is 0 Å². The van der Waals surface area contributed by atoms with Crippen molar-refractivity contribution in [2.75, 3.05) is 13.6 Å². The number of hydrogen-bond acceptors (Lipinski definition) is 3. The minimum atomic E-state index is 0. The van der Waals surface area contributed by atoms with Crippen LogP contribution in [0.3, 0.4) is 0 Å². The Morgan fingerprint density at radius 1 is 1.20 bits per heavy atom. The first-order chi connectivity index (χ1) is 11.6. The van der Waals surface area contributed by atoms with E-state index in [0.717, 1.165) is 25.1 Å². The van der Waals surface area contributed by atoms with Crippen LogP contribution in [0.1, 0.15) is 34.6 Å². The summed E-state index contributed by atoms with van der Waals surface area (Å²) in [6, 6.07) is 10.1. The molecule has 0 N–H and O–H groups in total. The van der Waals surface area contributed by atoms with Crippen molar-refractivity contribution in [3.63, 3.8) is 0 Å². The van der Waals surface area contributed by atoms with Gasteiger partial charge in [0.25, 0.3) is 0 Å². The number of aryl methyl sites for hydroxylation is 1. The van der Waals surface area contributed by atoms with Crippen LogP contribution in [0, 0.1) is 6.92 Å². The fraction of sp³-hybridized carbons (Fsp3) is 0.333. The van der Waals surface area contributed by atoms with Crippen LogP contribution in [-0.4, -0.2) is 33.8 Å². The highest BCUT2D eigenvalue weighted by Crippen LogP contribution is 2.31. The summed E-state index contributed by atoms with van der Waals surface area (Å²) in [6.07, 6.45) is 4.34. The van der Waals surface area contributed by atoms with Gasteiger partial charge in [0.2, 0.25) is 0 Å². The maximum Gasteiger partial charge on any atom is 0.182 e. The number of benzene rings is 1. The third-order valence-corrected chi connectivity index (χ3v) is 4.90. The molecule has 0 fully saturated rings. The van der Waals surface area contributed by atoms with Gasteiger partial charge in [0.15, 0.2) is 5.78 Å². The van der Waals surface area contributed by atoms with E-state index in [1.165, 1.54) is 27.7 Å². The Balaban J connectivity index is 0.00000182. The second-order valence-electron chi connectivity index (χ2n) is 6.68. The molecule has 3 aromatic rings. The van der Waals surface area contributed by atoms with Gasteiger partial charge in [-0.1, -0.05) is 19.1 Å². The molecular weight excluding hydrogens is 310 g/mol. The quantitative estimate of drug-likeness (QED) is 0.682. The fourth-order valence-corrected chi connectivity index (χ4v) is 3.65. The molecule has 0 unspecified atom stereocenters. The molecule has 4 heteroatoms. The maximum atomic E-state index is 12.7. The van der Waals surface area contributed by atoms with E-state index in [1.54, 1.807) is 24.5 Å². The van der Waals surface area contributed by atoms with Crippen LogP contribution in [0.15, 0.2) is 42.7 Å². The molecule has 0 spiro atoms. The lowest BCUT2D eigenvalue weighted by Gasteiger charge is -2.24. The minimum absolute atomic E-state index is 0. The standard InChI is InChI=1S/C20H21N3O.CH4/c1-14-3-4-18-16(11-14)17-12-22(2)10-7-19(17)23(18)13-20(24)15-5-8-21-9-6-15;/h3-6,8-9,11H,7,10,12-13H2,1-2H3;1H4. The van der Waals surface area contributed by atoms with Crippen LogP contribution < -0.4 is 0 Å². The number of ketones is 1. The third-order valence-electron chi connectivity index (χ3n) is 4.90. The zero-order valence-corrected chi connectivity index (χ0v) is 14.1. The predicted octanol–water partition coefficient (Wildman–Crippen LogP) is 3.85. The monoisotopic (exact) mass is 335 g/mol. The zero-order chi connectivity index (χ0) is 16.7. The molecule has 0 radical (unpaired) electrons. The summed E-state index contributed by atoms with van der Waals surface area (Å²) in [5.41, 5.74) is 5.85. The summed E-state index contributed by atoms with van der Waals surface area (Å²) < 4.78 is 2.22. The van der Waals surface area contributed by atoms with Gasteiger partial charge in [-0.3, -0.25) is 9.78 Å². The molecular formula is C21H25N3O. The first-order valence-electron chi connectivity index (χ1n) is 8.36. The Morgan fingerprint density at radius 3 is 2.72 bits per heavy atom. The van der Waals surface area contributed by atoms with E-state index in [-0.39, 0.29) is 13.2 Å². The van der Waals surface area contributed by atoms with E-state index >= 15 is 0 Å². The van der Waals surface area contributed by atoms with Crippen LogP contribution in [0.4, 0.5) is 0 Å². The van der Waals surface area contributed by atoms with Crippen LogP contribution in [0.2, 0.25) is 0 Å². The summed E-state index contributed by atoms with van der Waals surface area (Å²) in [4.78, 5) is 19.1.